The van der Waals surface area contributed by atoms with E-state index in [2.05, 4.69) is 4.74 Å². The first-order valence-corrected chi connectivity index (χ1v) is 7.77. The monoisotopic (exact) mass is 310 g/mol. The van der Waals surface area contributed by atoms with Crippen molar-refractivity contribution in [3.63, 3.8) is 0 Å². The highest BCUT2D eigenvalue weighted by molar-refractivity contribution is 7.85. The first-order chi connectivity index (χ1) is 9.94. The molecule has 0 unspecified atom stereocenters. The van der Waals surface area contributed by atoms with Crippen LogP contribution >= 0.6 is 0 Å². The third-order valence-electron chi connectivity index (χ3n) is 2.73. The van der Waals surface area contributed by atoms with Crippen LogP contribution < -0.4 is 0 Å². The third-order valence-corrected chi connectivity index (χ3v) is 3.41. The summed E-state index contributed by atoms with van der Waals surface area (Å²) in [6, 6.07) is 13.4. The molecule has 0 aromatic heterocycles. The van der Waals surface area contributed by atoms with Crippen LogP contribution in [-0.4, -0.2) is 31.5 Å². The SMILES string of the molecule is O=C(OCCS(=O)(=O)O)OCc1ccc2ccccc2c1. The van der Waals surface area contributed by atoms with E-state index in [1.165, 1.54) is 0 Å². The lowest BCUT2D eigenvalue weighted by Gasteiger charge is -2.06. The number of ether oxygens (including phenoxy) is 2. The van der Waals surface area contributed by atoms with E-state index in [1.54, 1.807) is 0 Å². The second-order valence-corrected chi connectivity index (χ2v) is 5.93. The standard InChI is InChI=1S/C14H14O6S/c15-14(19-7-8-21(16,17)18)20-10-11-5-6-12-3-1-2-4-13(12)9-11/h1-6,9H,7-8,10H2,(H,16,17,18). The fraction of sp³-hybridized carbons (Fsp3) is 0.214. The van der Waals surface area contributed by atoms with Crippen LogP contribution in [0.1, 0.15) is 5.56 Å². The molecule has 0 aliphatic rings. The van der Waals surface area contributed by atoms with Gasteiger partial charge in [0.25, 0.3) is 10.1 Å². The molecule has 0 atom stereocenters. The Labute approximate surface area is 122 Å². The van der Waals surface area contributed by atoms with Crippen LogP contribution in [0.3, 0.4) is 0 Å². The van der Waals surface area contributed by atoms with Crippen LogP contribution in [0.5, 0.6) is 0 Å². The van der Waals surface area contributed by atoms with E-state index in [1.807, 2.05) is 42.5 Å². The molecule has 6 nitrogen and oxygen atoms in total. The fourth-order valence-electron chi connectivity index (χ4n) is 1.74. The summed E-state index contributed by atoms with van der Waals surface area (Å²) in [5.74, 6) is -0.655. The van der Waals surface area contributed by atoms with Crippen LogP contribution in [0, 0.1) is 0 Å². The number of hydrogen-bond donors (Lipinski definition) is 1. The maximum atomic E-state index is 11.2. The molecule has 0 bridgehead atoms. The minimum Gasteiger partial charge on any atom is -0.433 e. The molecular formula is C14H14O6S. The van der Waals surface area contributed by atoms with Crippen molar-refractivity contribution in [3.05, 3.63) is 48.0 Å². The number of benzene rings is 2. The Morgan fingerprint density at radius 2 is 1.76 bits per heavy atom. The van der Waals surface area contributed by atoms with Crippen LogP contribution in [0.2, 0.25) is 0 Å². The maximum Gasteiger partial charge on any atom is 0.508 e. The molecule has 0 aliphatic heterocycles. The lowest BCUT2D eigenvalue weighted by molar-refractivity contribution is 0.0539. The molecule has 2 aromatic carbocycles. The Morgan fingerprint density at radius 1 is 1.05 bits per heavy atom. The van der Waals surface area contributed by atoms with E-state index in [0.717, 1.165) is 16.3 Å². The molecule has 1 N–H and O–H groups in total. The predicted molar refractivity (Wildman–Crippen MR) is 76.5 cm³/mol. The molecule has 0 spiro atoms. The maximum absolute atomic E-state index is 11.2. The van der Waals surface area contributed by atoms with Gasteiger partial charge in [-0.15, -0.1) is 0 Å². The van der Waals surface area contributed by atoms with Gasteiger partial charge in [-0.2, -0.15) is 8.42 Å². The number of hydrogen-bond acceptors (Lipinski definition) is 5. The minimum absolute atomic E-state index is 0.0234. The summed E-state index contributed by atoms with van der Waals surface area (Å²) in [4.78, 5) is 11.2. The summed E-state index contributed by atoms with van der Waals surface area (Å²) < 4.78 is 38.7. The van der Waals surface area contributed by atoms with Gasteiger partial charge in [0, 0.05) is 0 Å². The molecule has 2 aromatic rings. The Morgan fingerprint density at radius 3 is 2.48 bits per heavy atom. The molecule has 0 heterocycles. The van der Waals surface area contributed by atoms with Crippen molar-refractivity contribution in [2.24, 2.45) is 0 Å². The van der Waals surface area contributed by atoms with Gasteiger partial charge in [0.15, 0.2) is 0 Å². The smallest absolute Gasteiger partial charge is 0.433 e. The molecule has 0 saturated heterocycles. The minimum atomic E-state index is -4.14. The molecule has 2 rings (SSSR count). The number of rotatable bonds is 5. The summed E-state index contributed by atoms with van der Waals surface area (Å²) in [6.45, 7) is -0.426. The average Bonchev–Trinajstić information content (AvgIpc) is 2.43. The zero-order valence-corrected chi connectivity index (χ0v) is 11.9. The summed E-state index contributed by atoms with van der Waals surface area (Å²) >= 11 is 0. The van der Waals surface area contributed by atoms with Crippen LogP contribution in [0.25, 0.3) is 10.8 Å². The van der Waals surface area contributed by atoms with E-state index >= 15 is 0 Å². The molecule has 7 heteroatoms. The van der Waals surface area contributed by atoms with Crippen LogP contribution in [0.15, 0.2) is 42.5 Å². The second kappa shape index (κ2) is 6.55. The Hall–Kier alpha value is -2.12. The summed E-state index contributed by atoms with van der Waals surface area (Å²) in [6.07, 6.45) is -0.980. The number of carbonyl (C=O) groups excluding carboxylic acids is 1. The number of fused-ring (bicyclic) bond motifs is 1. The van der Waals surface area contributed by atoms with E-state index in [4.69, 9.17) is 9.29 Å². The zero-order valence-electron chi connectivity index (χ0n) is 11.1. The van der Waals surface area contributed by atoms with Gasteiger partial charge in [0.1, 0.15) is 19.0 Å². The highest BCUT2D eigenvalue weighted by Crippen LogP contribution is 2.16. The van der Waals surface area contributed by atoms with E-state index in [-0.39, 0.29) is 6.61 Å². The Balaban J connectivity index is 1.85. The van der Waals surface area contributed by atoms with Gasteiger partial charge < -0.3 is 9.47 Å². The van der Waals surface area contributed by atoms with Crippen molar-refractivity contribution in [3.8, 4) is 0 Å². The average molecular weight is 310 g/mol. The summed E-state index contributed by atoms with van der Waals surface area (Å²) in [5.41, 5.74) is 0.792. The Kier molecular flexibility index (Phi) is 4.77. The Bertz CT molecular complexity index is 738. The van der Waals surface area contributed by atoms with Crippen molar-refractivity contribution in [2.75, 3.05) is 12.4 Å². The van der Waals surface area contributed by atoms with Gasteiger partial charge in [0.05, 0.1) is 0 Å². The molecule has 0 radical (unpaired) electrons. The van der Waals surface area contributed by atoms with Gasteiger partial charge in [-0.25, -0.2) is 4.79 Å². The first kappa shape index (κ1) is 15.3. The molecule has 0 saturated carbocycles. The highest BCUT2D eigenvalue weighted by atomic mass is 32.2. The molecular weight excluding hydrogens is 296 g/mol. The second-order valence-electron chi connectivity index (χ2n) is 4.35. The van der Waals surface area contributed by atoms with Gasteiger partial charge >= 0.3 is 6.16 Å². The quantitative estimate of drug-likeness (QED) is 0.673. The van der Waals surface area contributed by atoms with Crippen molar-refractivity contribution in [1.29, 1.82) is 0 Å². The van der Waals surface area contributed by atoms with E-state index in [0.29, 0.717) is 0 Å². The molecule has 0 amide bonds. The number of carbonyl (C=O) groups is 1. The topological polar surface area (TPSA) is 89.9 Å². The zero-order chi connectivity index (χ0) is 15.3. The molecule has 0 aliphatic carbocycles. The van der Waals surface area contributed by atoms with Gasteiger partial charge in [-0.05, 0) is 22.4 Å². The van der Waals surface area contributed by atoms with Gasteiger partial charge in [-0.1, -0.05) is 36.4 Å². The molecule has 0 fully saturated rings. The van der Waals surface area contributed by atoms with Gasteiger partial charge in [-0.3, -0.25) is 4.55 Å². The lowest BCUT2D eigenvalue weighted by atomic mass is 10.1. The molecule has 21 heavy (non-hydrogen) atoms. The normalized spacial score (nSPS) is 11.3. The fourth-order valence-corrected chi connectivity index (χ4v) is 2.04. The third kappa shape index (κ3) is 5.05. The van der Waals surface area contributed by atoms with Crippen molar-refractivity contribution in [2.45, 2.75) is 6.61 Å². The van der Waals surface area contributed by atoms with Gasteiger partial charge in [0.2, 0.25) is 0 Å². The highest BCUT2D eigenvalue weighted by Gasteiger charge is 2.09. The van der Waals surface area contributed by atoms with E-state index < -0.39 is 28.6 Å². The molecule has 112 valence electrons. The van der Waals surface area contributed by atoms with Crippen LogP contribution in [-0.2, 0) is 26.2 Å². The van der Waals surface area contributed by atoms with Crippen molar-refractivity contribution >= 4 is 27.0 Å². The summed E-state index contributed by atoms with van der Waals surface area (Å²) in [5, 5.41) is 2.11. The lowest BCUT2D eigenvalue weighted by Crippen LogP contribution is -2.15. The van der Waals surface area contributed by atoms with Crippen molar-refractivity contribution < 1.29 is 27.2 Å². The van der Waals surface area contributed by atoms with Crippen molar-refractivity contribution in [1.82, 2.24) is 0 Å². The van der Waals surface area contributed by atoms with Crippen LogP contribution in [0.4, 0.5) is 4.79 Å². The first-order valence-electron chi connectivity index (χ1n) is 6.16. The van der Waals surface area contributed by atoms with E-state index in [9.17, 15) is 13.2 Å². The largest absolute Gasteiger partial charge is 0.508 e. The predicted octanol–water partition coefficient (Wildman–Crippen LogP) is 2.38. The summed E-state index contributed by atoms with van der Waals surface area (Å²) in [7, 11) is -4.14.